The molecule has 2 aliphatic heterocycles. The molecular weight excluding hydrogens is 689 g/mol. The second-order valence-electron chi connectivity index (χ2n) is 16.0. The predicted molar refractivity (Wildman–Crippen MR) is 244 cm³/mol. The Kier molecular flexibility index (Phi) is 7.13. The average molecular weight is 729 g/mol. The van der Waals surface area contributed by atoms with Gasteiger partial charge in [-0.05, 0) is 133 Å². The molecule has 2 heteroatoms. The van der Waals surface area contributed by atoms with E-state index in [0.717, 1.165) is 31.4 Å². The molecule has 0 aromatic heterocycles. The fraction of sp³-hybridized carbons (Fsp3) is 0.0909. The van der Waals surface area contributed by atoms with Gasteiger partial charge in [-0.15, -0.1) is 0 Å². The molecule has 0 saturated carbocycles. The van der Waals surface area contributed by atoms with E-state index in [1.807, 2.05) is 0 Å². The summed E-state index contributed by atoms with van der Waals surface area (Å²) in [5.41, 5.74) is 20.9. The molecule has 2 heterocycles. The molecule has 8 aromatic rings. The van der Waals surface area contributed by atoms with Gasteiger partial charge >= 0.3 is 0 Å². The van der Waals surface area contributed by atoms with Crippen molar-refractivity contribution < 1.29 is 0 Å². The number of hydrogen-bond donors (Lipinski definition) is 1. The van der Waals surface area contributed by atoms with E-state index < -0.39 is 0 Å². The number of nitrogens with one attached hydrogen (secondary N) is 1. The van der Waals surface area contributed by atoms with Crippen LogP contribution in [0, 0.1) is 0 Å². The second kappa shape index (κ2) is 12.6. The number of hydrogen-bond acceptors (Lipinski definition) is 2. The van der Waals surface area contributed by atoms with Crippen molar-refractivity contribution in [2.24, 2.45) is 0 Å². The van der Waals surface area contributed by atoms with Crippen LogP contribution in [0.15, 0.2) is 176 Å². The van der Waals surface area contributed by atoms with Crippen LogP contribution in [0.1, 0.15) is 42.4 Å². The third-order valence-corrected chi connectivity index (χ3v) is 12.9. The van der Waals surface area contributed by atoms with E-state index in [4.69, 9.17) is 0 Å². The van der Waals surface area contributed by atoms with Crippen LogP contribution in [0.5, 0.6) is 0 Å². The van der Waals surface area contributed by atoms with Crippen molar-refractivity contribution in [2.45, 2.75) is 25.7 Å². The lowest BCUT2D eigenvalue weighted by molar-refractivity contribution is 1.01. The first-order valence-corrected chi connectivity index (χ1v) is 20.3. The van der Waals surface area contributed by atoms with Crippen molar-refractivity contribution >= 4 is 66.1 Å². The van der Waals surface area contributed by atoms with E-state index in [-0.39, 0.29) is 0 Å². The Balaban J connectivity index is 0.996. The molecule has 0 fully saturated rings. The summed E-state index contributed by atoms with van der Waals surface area (Å²) in [7, 11) is 2.27. The van der Waals surface area contributed by atoms with Crippen LogP contribution in [0.2, 0.25) is 0 Å². The Morgan fingerprint density at radius 1 is 0.509 bits per heavy atom. The highest BCUT2D eigenvalue weighted by Gasteiger charge is 2.31. The van der Waals surface area contributed by atoms with Crippen LogP contribution in [0.3, 0.4) is 0 Å². The third kappa shape index (κ3) is 4.90. The van der Waals surface area contributed by atoms with Crippen LogP contribution in [0.4, 0.5) is 17.1 Å². The maximum Gasteiger partial charge on any atom is 0.0495 e. The first-order valence-electron chi connectivity index (χ1n) is 20.3. The smallest absolute Gasteiger partial charge is 0.0495 e. The van der Waals surface area contributed by atoms with Crippen LogP contribution in [-0.4, -0.2) is 7.05 Å². The largest absolute Gasteiger partial charge is 0.354 e. The normalized spacial score (nSPS) is 15.4. The van der Waals surface area contributed by atoms with Crippen LogP contribution >= 0.6 is 0 Å². The molecule has 270 valence electrons. The SMILES string of the molecule is CN1C2=C(CCC(c3c(C4=CC=CCC4)ccc4ccccc34)=C2)c2ccc3c4c(ccc1c24)Nc1cc(-c2c(-c4ccccc4)ccc4ccccc24)ccc1-3. The molecule has 1 N–H and O–H groups in total. The zero-order valence-corrected chi connectivity index (χ0v) is 31.9. The zero-order valence-electron chi connectivity index (χ0n) is 31.9. The lowest BCUT2D eigenvalue weighted by Crippen LogP contribution is -2.23. The first kappa shape index (κ1) is 32.4. The lowest BCUT2D eigenvalue weighted by atomic mass is 9.78. The van der Waals surface area contributed by atoms with Gasteiger partial charge in [-0.25, -0.2) is 0 Å². The summed E-state index contributed by atoms with van der Waals surface area (Å²) < 4.78 is 0. The number of likely N-dealkylation sites (N-methyl/N-ethyl adjacent to an activating group) is 1. The van der Waals surface area contributed by atoms with Gasteiger partial charge in [-0.3, -0.25) is 0 Å². The number of nitrogens with zero attached hydrogens (tertiary/aromatic N) is 1. The molecule has 8 aromatic carbocycles. The molecule has 0 radical (unpaired) electrons. The van der Waals surface area contributed by atoms with Gasteiger partial charge in [-0.2, -0.15) is 0 Å². The van der Waals surface area contributed by atoms with Crippen LogP contribution < -0.4 is 10.2 Å². The Labute approximate surface area is 333 Å². The van der Waals surface area contributed by atoms with Gasteiger partial charge in [0.1, 0.15) is 0 Å². The first-order chi connectivity index (χ1) is 28.2. The third-order valence-electron chi connectivity index (χ3n) is 12.9. The van der Waals surface area contributed by atoms with E-state index >= 15 is 0 Å². The van der Waals surface area contributed by atoms with Gasteiger partial charge in [0.15, 0.2) is 0 Å². The summed E-state index contributed by atoms with van der Waals surface area (Å²) >= 11 is 0. The van der Waals surface area contributed by atoms with Crippen molar-refractivity contribution in [1.29, 1.82) is 0 Å². The number of allylic oxidation sites excluding steroid dienone is 7. The van der Waals surface area contributed by atoms with Gasteiger partial charge in [0.05, 0.1) is 0 Å². The molecule has 4 aliphatic rings. The Hall–Kier alpha value is -6.90. The molecular formula is C55H40N2. The Bertz CT molecular complexity index is 3160. The van der Waals surface area contributed by atoms with Gasteiger partial charge in [-0.1, -0.05) is 146 Å². The molecule has 0 saturated heterocycles. The second-order valence-corrected chi connectivity index (χ2v) is 16.0. The molecule has 57 heavy (non-hydrogen) atoms. The molecule has 12 rings (SSSR count). The fourth-order valence-electron chi connectivity index (χ4n) is 10.3. The molecule has 0 bridgehead atoms. The number of benzene rings is 8. The minimum Gasteiger partial charge on any atom is -0.354 e. The van der Waals surface area contributed by atoms with Gasteiger partial charge in [0.25, 0.3) is 0 Å². The lowest BCUT2D eigenvalue weighted by Gasteiger charge is -2.36. The zero-order chi connectivity index (χ0) is 37.6. The summed E-state index contributed by atoms with van der Waals surface area (Å²) in [6.07, 6.45) is 13.6. The highest BCUT2D eigenvalue weighted by atomic mass is 15.1. The summed E-state index contributed by atoms with van der Waals surface area (Å²) in [6.45, 7) is 0. The predicted octanol–water partition coefficient (Wildman–Crippen LogP) is 15.0. The van der Waals surface area contributed by atoms with E-state index in [1.54, 1.807) is 0 Å². The van der Waals surface area contributed by atoms with Crippen molar-refractivity contribution in [3.05, 3.63) is 192 Å². The van der Waals surface area contributed by atoms with Crippen LogP contribution in [-0.2, 0) is 0 Å². The number of anilines is 3. The standard InChI is InChI=1S/C55H40N2/c1-57-50-31-30-48-54-46(44-26-22-38(32-49(44)56-48)52-40-18-10-8-16-36(40)20-24-42(52)34-12-4-2-5-13-34)28-29-47(55(50)54)45-27-23-39(33-51(45)57)53-41-19-11-9-17-37(41)21-25-43(53)35-14-6-3-7-15-35/h2-6,8-14,16-22,24-26,28-33,56H,7,15,23,27H2,1H3. The van der Waals surface area contributed by atoms with E-state index in [1.165, 1.54) is 116 Å². The Morgan fingerprint density at radius 2 is 1.23 bits per heavy atom. The van der Waals surface area contributed by atoms with Crippen molar-refractivity contribution in [2.75, 3.05) is 17.3 Å². The molecule has 0 atom stereocenters. The monoisotopic (exact) mass is 728 g/mol. The summed E-state index contributed by atoms with van der Waals surface area (Å²) in [5.74, 6) is 0. The van der Waals surface area contributed by atoms with Crippen molar-refractivity contribution in [1.82, 2.24) is 0 Å². The van der Waals surface area contributed by atoms with Crippen molar-refractivity contribution in [3.8, 4) is 33.4 Å². The van der Waals surface area contributed by atoms with Gasteiger partial charge in [0, 0.05) is 46.1 Å². The maximum atomic E-state index is 3.94. The molecule has 2 aliphatic carbocycles. The van der Waals surface area contributed by atoms with Crippen LogP contribution in [0.25, 0.3) is 82.4 Å². The minimum absolute atomic E-state index is 1.01. The molecule has 0 spiro atoms. The molecule has 0 amide bonds. The van der Waals surface area contributed by atoms with Gasteiger partial charge in [0.2, 0.25) is 0 Å². The Morgan fingerprint density at radius 3 is 2.04 bits per heavy atom. The summed E-state index contributed by atoms with van der Waals surface area (Å²) in [6, 6.07) is 54.2. The number of fused-ring (bicyclic) bond motifs is 5. The van der Waals surface area contributed by atoms with Crippen molar-refractivity contribution in [3.63, 3.8) is 0 Å². The molecule has 2 nitrogen and oxygen atoms in total. The molecule has 0 unspecified atom stereocenters. The number of rotatable bonds is 4. The van der Waals surface area contributed by atoms with E-state index in [0.29, 0.717) is 0 Å². The highest BCUT2D eigenvalue weighted by Crippen LogP contribution is 2.54. The van der Waals surface area contributed by atoms with E-state index in [2.05, 4.69) is 187 Å². The maximum absolute atomic E-state index is 3.94. The highest BCUT2D eigenvalue weighted by molar-refractivity contribution is 6.20. The quantitative estimate of drug-likeness (QED) is 0.194. The summed E-state index contributed by atoms with van der Waals surface area (Å²) in [4.78, 5) is 2.46. The topological polar surface area (TPSA) is 15.3 Å². The average Bonchev–Trinajstić information content (AvgIpc) is 3.28. The van der Waals surface area contributed by atoms with E-state index in [9.17, 15) is 0 Å². The minimum atomic E-state index is 1.01. The van der Waals surface area contributed by atoms with Gasteiger partial charge < -0.3 is 10.2 Å². The summed E-state index contributed by atoms with van der Waals surface area (Å²) in [5, 5.41) is 11.8. The fourth-order valence-corrected chi connectivity index (χ4v) is 10.3.